The molecule has 2 aromatic heterocycles. The molecule has 0 aliphatic heterocycles. The number of pyridine rings is 1. The van der Waals surface area contributed by atoms with E-state index in [0.717, 1.165) is 44.5 Å². The molecule has 0 amide bonds. The topological polar surface area (TPSA) is 30.2 Å². The molecule has 33 heavy (non-hydrogen) atoms. The predicted octanol–water partition coefficient (Wildman–Crippen LogP) is 7.60. The molecule has 6 rings (SSSR count). The van der Waals surface area contributed by atoms with E-state index >= 15 is 0 Å². The number of aliphatic imine (C=N–C) groups is 1. The largest absolute Gasteiger partial charge is 0.309 e. The monoisotopic (exact) mass is 423 g/mol. The standard InChI is InChI=1S/C30H21N3/c1-3-10-22(11-4-1)30-27(21-32-28-16-9-12-23-20-31-19-18-25(23)28)26-15-7-8-17-29(26)33(30)24-13-5-2-6-14-24/h1-21H. The highest BCUT2D eigenvalue weighted by Gasteiger charge is 2.18. The van der Waals surface area contributed by atoms with Crippen molar-refractivity contribution in [2.75, 3.05) is 0 Å². The highest BCUT2D eigenvalue weighted by Crippen LogP contribution is 2.36. The third-order valence-electron chi connectivity index (χ3n) is 5.97. The van der Waals surface area contributed by atoms with Crippen molar-refractivity contribution in [1.29, 1.82) is 0 Å². The summed E-state index contributed by atoms with van der Waals surface area (Å²) in [5.74, 6) is 0. The van der Waals surface area contributed by atoms with Crippen LogP contribution in [-0.2, 0) is 0 Å². The molecule has 0 unspecified atom stereocenters. The summed E-state index contributed by atoms with van der Waals surface area (Å²) in [5, 5.41) is 3.35. The molecule has 0 saturated heterocycles. The summed E-state index contributed by atoms with van der Waals surface area (Å²) in [4.78, 5) is 9.23. The van der Waals surface area contributed by atoms with Crippen LogP contribution in [-0.4, -0.2) is 15.8 Å². The lowest BCUT2D eigenvalue weighted by molar-refractivity contribution is 1.13. The van der Waals surface area contributed by atoms with Crippen molar-refractivity contribution in [3.63, 3.8) is 0 Å². The van der Waals surface area contributed by atoms with Gasteiger partial charge in [-0.25, -0.2) is 0 Å². The Labute approximate surface area is 192 Å². The Morgan fingerprint density at radius 1 is 0.667 bits per heavy atom. The summed E-state index contributed by atoms with van der Waals surface area (Å²) >= 11 is 0. The van der Waals surface area contributed by atoms with Crippen molar-refractivity contribution in [3.8, 4) is 16.9 Å². The van der Waals surface area contributed by atoms with Gasteiger partial charge in [0.25, 0.3) is 0 Å². The number of fused-ring (bicyclic) bond motifs is 2. The van der Waals surface area contributed by atoms with Crippen LogP contribution in [0.4, 0.5) is 5.69 Å². The van der Waals surface area contributed by atoms with Gasteiger partial charge in [-0.2, -0.15) is 0 Å². The maximum atomic E-state index is 4.98. The first-order valence-corrected chi connectivity index (χ1v) is 11.0. The molecule has 0 atom stereocenters. The first-order chi connectivity index (χ1) is 16.4. The minimum Gasteiger partial charge on any atom is -0.309 e. The molecule has 3 nitrogen and oxygen atoms in total. The fourth-order valence-electron chi connectivity index (χ4n) is 4.47. The van der Waals surface area contributed by atoms with Gasteiger partial charge in [0, 0.05) is 46.0 Å². The van der Waals surface area contributed by atoms with Crippen molar-refractivity contribution in [2.45, 2.75) is 0 Å². The maximum Gasteiger partial charge on any atom is 0.0709 e. The van der Waals surface area contributed by atoms with Gasteiger partial charge >= 0.3 is 0 Å². The number of para-hydroxylation sites is 2. The molecular weight excluding hydrogens is 402 g/mol. The maximum absolute atomic E-state index is 4.98. The lowest BCUT2D eigenvalue weighted by Crippen LogP contribution is -1.98. The van der Waals surface area contributed by atoms with Gasteiger partial charge in [0.2, 0.25) is 0 Å². The second-order valence-corrected chi connectivity index (χ2v) is 7.95. The molecule has 0 spiro atoms. The van der Waals surface area contributed by atoms with Crippen molar-refractivity contribution < 1.29 is 0 Å². The van der Waals surface area contributed by atoms with Gasteiger partial charge in [0.15, 0.2) is 0 Å². The highest BCUT2D eigenvalue weighted by atomic mass is 15.0. The van der Waals surface area contributed by atoms with Gasteiger partial charge in [-0.3, -0.25) is 9.98 Å². The fourth-order valence-corrected chi connectivity index (χ4v) is 4.47. The summed E-state index contributed by atoms with van der Waals surface area (Å²) < 4.78 is 2.33. The Hall–Kier alpha value is -4.50. The quantitative estimate of drug-likeness (QED) is 0.269. The van der Waals surface area contributed by atoms with Crippen molar-refractivity contribution >= 4 is 33.6 Å². The van der Waals surface area contributed by atoms with Gasteiger partial charge < -0.3 is 4.57 Å². The van der Waals surface area contributed by atoms with Crippen LogP contribution in [0.3, 0.4) is 0 Å². The lowest BCUT2D eigenvalue weighted by Gasteiger charge is -2.12. The van der Waals surface area contributed by atoms with E-state index in [0.29, 0.717) is 0 Å². The Balaban J connectivity index is 1.64. The van der Waals surface area contributed by atoms with E-state index in [1.54, 1.807) is 0 Å². The Bertz CT molecular complexity index is 1590. The SMILES string of the molecule is C(=Nc1cccc2cnccc12)c1c(-c2ccccc2)n(-c2ccccc2)c2ccccc12. The normalized spacial score (nSPS) is 11.5. The third-order valence-corrected chi connectivity index (χ3v) is 5.97. The van der Waals surface area contributed by atoms with Gasteiger partial charge in [-0.05, 0) is 35.9 Å². The Morgan fingerprint density at radius 3 is 2.27 bits per heavy atom. The molecular formula is C30H21N3. The van der Waals surface area contributed by atoms with Crippen molar-refractivity contribution in [2.24, 2.45) is 4.99 Å². The molecule has 0 aliphatic carbocycles. The van der Waals surface area contributed by atoms with E-state index in [1.807, 2.05) is 30.7 Å². The predicted molar refractivity (Wildman–Crippen MR) is 138 cm³/mol. The van der Waals surface area contributed by atoms with E-state index in [1.165, 1.54) is 5.39 Å². The zero-order valence-corrected chi connectivity index (χ0v) is 18.0. The molecule has 4 aromatic carbocycles. The third kappa shape index (κ3) is 3.40. The van der Waals surface area contributed by atoms with Crippen LogP contribution >= 0.6 is 0 Å². The van der Waals surface area contributed by atoms with Crippen molar-refractivity contribution in [3.05, 3.63) is 127 Å². The van der Waals surface area contributed by atoms with Crippen LogP contribution in [0.5, 0.6) is 0 Å². The van der Waals surface area contributed by atoms with E-state index in [9.17, 15) is 0 Å². The second-order valence-electron chi connectivity index (χ2n) is 7.95. The molecule has 0 N–H and O–H groups in total. The van der Waals surface area contributed by atoms with Gasteiger partial charge in [-0.1, -0.05) is 78.9 Å². The second kappa shape index (κ2) is 8.21. The summed E-state index contributed by atoms with van der Waals surface area (Å²) in [7, 11) is 0. The Kier molecular flexibility index (Phi) is 4.78. The lowest BCUT2D eigenvalue weighted by atomic mass is 10.1. The van der Waals surface area contributed by atoms with E-state index in [-0.39, 0.29) is 0 Å². The van der Waals surface area contributed by atoms with Crippen LogP contribution in [0.25, 0.3) is 38.6 Å². The molecule has 0 radical (unpaired) electrons. The summed E-state index contributed by atoms with van der Waals surface area (Å²) in [6.07, 6.45) is 5.71. The number of aromatic nitrogens is 2. The number of benzene rings is 4. The summed E-state index contributed by atoms with van der Waals surface area (Å²) in [5.41, 5.74) is 6.61. The first-order valence-electron chi connectivity index (χ1n) is 11.0. The Morgan fingerprint density at radius 2 is 1.42 bits per heavy atom. The molecule has 0 bridgehead atoms. The van der Waals surface area contributed by atoms with Crippen LogP contribution < -0.4 is 0 Å². The van der Waals surface area contributed by atoms with Crippen LogP contribution in [0, 0.1) is 0 Å². The minimum atomic E-state index is 0.936. The average Bonchev–Trinajstić information content (AvgIpc) is 3.23. The van der Waals surface area contributed by atoms with E-state index < -0.39 is 0 Å². The average molecular weight is 424 g/mol. The highest BCUT2D eigenvalue weighted by molar-refractivity contribution is 6.08. The molecule has 156 valence electrons. The van der Waals surface area contributed by atoms with Crippen molar-refractivity contribution in [1.82, 2.24) is 9.55 Å². The van der Waals surface area contributed by atoms with E-state index in [2.05, 4.69) is 107 Å². The number of hydrogen-bond acceptors (Lipinski definition) is 2. The van der Waals surface area contributed by atoms with Crippen LogP contribution in [0.1, 0.15) is 5.56 Å². The van der Waals surface area contributed by atoms with Gasteiger partial charge in [-0.15, -0.1) is 0 Å². The smallest absolute Gasteiger partial charge is 0.0709 e. The summed E-state index contributed by atoms with van der Waals surface area (Å²) in [6.45, 7) is 0. The molecule has 6 aromatic rings. The fraction of sp³-hybridized carbons (Fsp3) is 0. The van der Waals surface area contributed by atoms with E-state index in [4.69, 9.17) is 4.99 Å². The van der Waals surface area contributed by atoms with Crippen LogP contribution in [0.15, 0.2) is 127 Å². The molecule has 3 heteroatoms. The first kappa shape index (κ1) is 19.2. The number of nitrogens with zero attached hydrogens (tertiary/aromatic N) is 3. The molecule has 0 saturated carbocycles. The number of hydrogen-bond donors (Lipinski definition) is 0. The van der Waals surface area contributed by atoms with Gasteiger partial charge in [0.05, 0.1) is 16.9 Å². The zero-order chi connectivity index (χ0) is 22.0. The molecule has 2 heterocycles. The molecule has 0 fully saturated rings. The van der Waals surface area contributed by atoms with Gasteiger partial charge in [0.1, 0.15) is 0 Å². The number of rotatable bonds is 4. The van der Waals surface area contributed by atoms with Crippen LogP contribution in [0.2, 0.25) is 0 Å². The minimum absolute atomic E-state index is 0.936. The molecule has 0 aliphatic rings. The summed E-state index contributed by atoms with van der Waals surface area (Å²) in [6, 6.07) is 37.8. The zero-order valence-electron chi connectivity index (χ0n) is 18.0.